The first-order chi connectivity index (χ1) is 9.22. The van der Waals surface area contributed by atoms with E-state index in [4.69, 9.17) is 9.47 Å². The maximum absolute atomic E-state index is 11.9. The first-order valence-corrected chi connectivity index (χ1v) is 6.07. The maximum atomic E-state index is 11.9. The standard InChI is InChI=1S/C16H16O3/c1-12-7-6-10-15(18-2)14(12)11-19-16(17)13-8-4-3-5-9-13/h3-10H,11H2,1-2H3. The van der Waals surface area contributed by atoms with Crippen LogP contribution in [-0.2, 0) is 11.3 Å². The lowest BCUT2D eigenvalue weighted by molar-refractivity contribution is 0.0469. The normalized spacial score (nSPS) is 10.0. The fourth-order valence-electron chi connectivity index (χ4n) is 1.85. The van der Waals surface area contributed by atoms with Crippen molar-refractivity contribution in [2.75, 3.05) is 7.11 Å². The molecule has 0 aromatic heterocycles. The summed E-state index contributed by atoms with van der Waals surface area (Å²) in [6.07, 6.45) is 0. The van der Waals surface area contributed by atoms with Gasteiger partial charge in [0, 0.05) is 5.56 Å². The van der Waals surface area contributed by atoms with Gasteiger partial charge in [-0.1, -0.05) is 30.3 Å². The zero-order valence-electron chi connectivity index (χ0n) is 11.1. The molecular formula is C16H16O3. The summed E-state index contributed by atoms with van der Waals surface area (Å²) in [5.74, 6) is 0.409. The van der Waals surface area contributed by atoms with Crippen molar-refractivity contribution < 1.29 is 14.3 Å². The van der Waals surface area contributed by atoms with E-state index >= 15 is 0 Å². The minimum absolute atomic E-state index is 0.212. The monoisotopic (exact) mass is 256 g/mol. The topological polar surface area (TPSA) is 35.5 Å². The third kappa shape index (κ3) is 3.13. The van der Waals surface area contributed by atoms with E-state index in [1.165, 1.54) is 0 Å². The smallest absolute Gasteiger partial charge is 0.338 e. The minimum Gasteiger partial charge on any atom is -0.496 e. The number of ether oxygens (including phenoxy) is 2. The van der Waals surface area contributed by atoms with Crippen LogP contribution >= 0.6 is 0 Å². The van der Waals surface area contributed by atoms with Crippen LogP contribution in [-0.4, -0.2) is 13.1 Å². The predicted molar refractivity (Wildman–Crippen MR) is 73.3 cm³/mol. The number of aryl methyl sites for hydroxylation is 1. The van der Waals surface area contributed by atoms with Gasteiger partial charge in [0.25, 0.3) is 0 Å². The molecule has 0 atom stereocenters. The van der Waals surface area contributed by atoms with E-state index in [0.29, 0.717) is 5.56 Å². The number of hydrogen-bond donors (Lipinski definition) is 0. The van der Waals surface area contributed by atoms with Crippen molar-refractivity contribution in [2.45, 2.75) is 13.5 Å². The van der Waals surface area contributed by atoms with Crippen LogP contribution in [0.5, 0.6) is 5.75 Å². The maximum Gasteiger partial charge on any atom is 0.338 e. The van der Waals surface area contributed by atoms with Gasteiger partial charge in [0.15, 0.2) is 0 Å². The van der Waals surface area contributed by atoms with Crippen LogP contribution in [0.3, 0.4) is 0 Å². The molecule has 0 spiro atoms. The van der Waals surface area contributed by atoms with Crippen LogP contribution in [0.2, 0.25) is 0 Å². The number of carbonyl (C=O) groups is 1. The Balaban J connectivity index is 2.09. The lowest BCUT2D eigenvalue weighted by Gasteiger charge is -2.11. The second-order valence-electron chi connectivity index (χ2n) is 4.20. The highest BCUT2D eigenvalue weighted by molar-refractivity contribution is 5.89. The molecule has 0 saturated carbocycles. The van der Waals surface area contributed by atoms with Gasteiger partial charge in [0.05, 0.1) is 12.7 Å². The van der Waals surface area contributed by atoms with Crippen LogP contribution in [0.1, 0.15) is 21.5 Å². The van der Waals surface area contributed by atoms with Gasteiger partial charge in [0.1, 0.15) is 12.4 Å². The molecule has 0 saturated heterocycles. The van der Waals surface area contributed by atoms with E-state index in [1.54, 1.807) is 19.2 Å². The zero-order chi connectivity index (χ0) is 13.7. The Morgan fingerprint density at radius 1 is 1.05 bits per heavy atom. The number of methoxy groups -OCH3 is 1. The van der Waals surface area contributed by atoms with Crippen molar-refractivity contribution in [1.82, 2.24) is 0 Å². The molecule has 3 nitrogen and oxygen atoms in total. The van der Waals surface area contributed by atoms with E-state index in [9.17, 15) is 4.79 Å². The highest BCUT2D eigenvalue weighted by Gasteiger charge is 2.10. The summed E-state index contributed by atoms with van der Waals surface area (Å²) in [6, 6.07) is 14.7. The number of rotatable bonds is 4. The highest BCUT2D eigenvalue weighted by Crippen LogP contribution is 2.22. The number of esters is 1. The molecule has 0 amide bonds. The van der Waals surface area contributed by atoms with Crippen molar-refractivity contribution in [3.8, 4) is 5.75 Å². The summed E-state index contributed by atoms with van der Waals surface area (Å²) in [5, 5.41) is 0. The Morgan fingerprint density at radius 3 is 2.47 bits per heavy atom. The Bertz CT molecular complexity index is 561. The zero-order valence-corrected chi connectivity index (χ0v) is 11.1. The van der Waals surface area contributed by atoms with Crippen molar-refractivity contribution in [1.29, 1.82) is 0 Å². The van der Waals surface area contributed by atoms with E-state index in [-0.39, 0.29) is 12.6 Å². The molecule has 0 heterocycles. The summed E-state index contributed by atoms with van der Waals surface area (Å²) in [4.78, 5) is 11.9. The van der Waals surface area contributed by atoms with Gasteiger partial charge in [0.2, 0.25) is 0 Å². The van der Waals surface area contributed by atoms with Gasteiger partial charge in [-0.3, -0.25) is 0 Å². The number of hydrogen-bond acceptors (Lipinski definition) is 3. The summed E-state index contributed by atoms with van der Waals surface area (Å²) in [5.41, 5.74) is 2.49. The van der Waals surface area contributed by atoms with Crippen molar-refractivity contribution in [3.63, 3.8) is 0 Å². The van der Waals surface area contributed by atoms with Gasteiger partial charge in [-0.25, -0.2) is 4.79 Å². The highest BCUT2D eigenvalue weighted by atomic mass is 16.5. The molecule has 19 heavy (non-hydrogen) atoms. The van der Waals surface area contributed by atoms with Crippen LogP contribution in [0.4, 0.5) is 0 Å². The molecular weight excluding hydrogens is 240 g/mol. The minimum atomic E-state index is -0.328. The fraction of sp³-hybridized carbons (Fsp3) is 0.188. The average Bonchev–Trinajstić information content (AvgIpc) is 2.46. The Hall–Kier alpha value is -2.29. The first kappa shape index (κ1) is 13.1. The largest absolute Gasteiger partial charge is 0.496 e. The van der Waals surface area contributed by atoms with Crippen LogP contribution in [0, 0.1) is 6.92 Å². The molecule has 0 aliphatic rings. The van der Waals surface area contributed by atoms with Crippen LogP contribution < -0.4 is 4.74 Å². The van der Waals surface area contributed by atoms with E-state index < -0.39 is 0 Å². The van der Waals surface area contributed by atoms with Gasteiger partial charge >= 0.3 is 5.97 Å². The molecule has 0 fully saturated rings. The molecule has 0 aliphatic heterocycles. The second kappa shape index (κ2) is 6.05. The number of benzene rings is 2. The molecule has 0 radical (unpaired) electrons. The molecule has 0 unspecified atom stereocenters. The first-order valence-electron chi connectivity index (χ1n) is 6.07. The molecule has 2 rings (SSSR count). The van der Waals surface area contributed by atoms with Crippen LogP contribution in [0.25, 0.3) is 0 Å². The Morgan fingerprint density at radius 2 is 1.79 bits per heavy atom. The molecule has 0 bridgehead atoms. The molecule has 3 heteroatoms. The lowest BCUT2D eigenvalue weighted by Crippen LogP contribution is -2.06. The van der Waals surface area contributed by atoms with Crippen molar-refractivity contribution in [2.24, 2.45) is 0 Å². The van der Waals surface area contributed by atoms with Gasteiger partial charge in [-0.15, -0.1) is 0 Å². The SMILES string of the molecule is COc1cccc(C)c1COC(=O)c1ccccc1. The molecule has 0 aliphatic carbocycles. The quantitative estimate of drug-likeness (QED) is 0.787. The third-order valence-electron chi connectivity index (χ3n) is 2.94. The summed E-state index contributed by atoms with van der Waals surface area (Å²) in [6.45, 7) is 2.18. The summed E-state index contributed by atoms with van der Waals surface area (Å²) in [7, 11) is 1.61. The fourth-order valence-corrected chi connectivity index (χ4v) is 1.85. The summed E-state index contributed by atoms with van der Waals surface area (Å²) < 4.78 is 10.6. The van der Waals surface area contributed by atoms with Crippen LogP contribution in [0.15, 0.2) is 48.5 Å². The lowest BCUT2D eigenvalue weighted by atomic mass is 10.1. The van der Waals surface area contributed by atoms with Gasteiger partial charge in [-0.2, -0.15) is 0 Å². The number of carbonyl (C=O) groups excluding carboxylic acids is 1. The van der Waals surface area contributed by atoms with Gasteiger partial charge < -0.3 is 9.47 Å². The van der Waals surface area contributed by atoms with E-state index in [2.05, 4.69) is 0 Å². The molecule has 0 N–H and O–H groups in total. The average molecular weight is 256 g/mol. The predicted octanol–water partition coefficient (Wildman–Crippen LogP) is 3.36. The van der Waals surface area contributed by atoms with E-state index in [0.717, 1.165) is 16.9 Å². The Labute approximate surface area is 112 Å². The van der Waals surface area contributed by atoms with Gasteiger partial charge in [-0.05, 0) is 30.7 Å². The third-order valence-corrected chi connectivity index (χ3v) is 2.94. The van der Waals surface area contributed by atoms with E-state index in [1.807, 2.05) is 43.3 Å². The molecule has 98 valence electrons. The summed E-state index contributed by atoms with van der Waals surface area (Å²) >= 11 is 0. The van der Waals surface area contributed by atoms with Crippen molar-refractivity contribution in [3.05, 3.63) is 65.2 Å². The molecule has 2 aromatic rings. The molecule has 2 aromatic carbocycles. The second-order valence-corrected chi connectivity index (χ2v) is 4.20. The Kier molecular flexibility index (Phi) is 4.18. The van der Waals surface area contributed by atoms with Crippen molar-refractivity contribution >= 4 is 5.97 Å².